The minimum Gasteiger partial charge on any atom is -0.490 e. The topological polar surface area (TPSA) is 69.4 Å². The van der Waals surface area contributed by atoms with Gasteiger partial charge in [-0.3, -0.25) is 0 Å². The van der Waals surface area contributed by atoms with Gasteiger partial charge in [-0.2, -0.15) is 0 Å². The van der Waals surface area contributed by atoms with E-state index in [2.05, 4.69) is 15.9 Å². The Morgan fingerprint density at radius 3 is 2.40 bits per heavy atom. The molecule has 84 valence electrons. The van der Waals surface area contributed by atoms with E-state index in [1.807, 2.05) is 13.8 Å². The van der Waals surface area contributed by atoms with Crippen molar-refractivity contribution in [3.05, 3.63) is 22.7 Å². The molecule has 0 amide bonds. The molecule has 2 N–H and O–H groups in total. The highest BCUT2D eigenvalue weighted by Crippen LogP contribution is 2.28. The summed E-state index contributed by atoms with van der Waals surface area (Å²) in [6.07, 6.45) is 0.0293. The molecule has 0 atom stereocenters. The zero-order valence-electron chi connectivity index (χ0n) is 8.40. The quantitative estimate of drug-likeness (QED) is 0.925. The average Bonchev–Trinajstić information content (AvgIpc) is 2.05. The normalized spacial score (nSPS) is 11.8. The van der Waals surface area contributed by atoms with E-state index in [1.54, 1.807) is 6.07 Å². The number of nitrogens with two attached hydrogens (primary N) is 1. The number of ether oxygens (including phenoxy) is 1. The molecule has 1 aromatic rings. The fraction of sp³-hybridized carbons (Fsp3) is 0.333. The molecule has 0 radical (unpaired) electrons. The van der Waals surface area contributed by atoms with Gasteiger partial charge in [-0.05, 0) is 48.0 Å². The van der Waals surface area contributed by atoms with E-state index in [1.165, 1.54) is 12.1 Å². The van der Waals surface area contributed by atoms with E-state index < -0.39 is 10.0 Å². The van der Waals surface area contributed by atoms with Crippen LogP contribution in [0.2, 0.25) is 0 Å². The van der Waals surface area contributed by atoms with Crippen LogP contribution in [0.1, 0.15) is 13.8 Å². The Bertz CT molecular complexity index is 456. The van der Waals surface area contributed by atoms with Crippen molar-refractivity contribution in [1.29, 1.82) is 0 Å². The molecule has 1 rings (SSSR count). The van der Waals surface area contributed by atoms with Gasteiger partial charge >= 0.3 is 0 Å². The molecule has 1 aromatic carbocycles. The molecule has 0 heterocycles. The predicted molar refractivity (Wildman–Crippen MR) is 61.3 cm³/mol. The summed E-state index contributed by atoms with van der Waals surface area (Å²) in [6, 6.07) is 4.41. The minimum absolute atomic E-state index is 0.0293. The van der Waals surface area contributed by atoms with Gasteiger partial charge in [-0.1, -0.05) is 0 Å². The zero-order chi connectivity index (χ0) is 11.6. The first kappa shape index (κ1) is 12.5. The Morgan fingerprint density at radius 1 is 1.40 bits per heavy atom. The maximum Gasteiger partial charge on any atom is 0.238 e. The van der Waals surface area contributed by atoms with Gasteiger partial charge in [0.1, 0.15) is 5.75 Å². The molecule has 0 unspecified atom stereocenters. The lowest BCUT2D eigenvalue weighted by Crippen LogP contribution is -2.12. The average molecular weight is 294 g/mol. The third kappa shape index (κ3) is 3.48. The molecular weight excluding hydrogens is 282 g/mol. The minimum atomic E-state index is -3.66. The predicted octanol–water partition coefficient (Wildman–Crippen LogP) is 1.88. The second-order valence-corrected chi connectivity index (χ2v) is 5.72. The Kier molecular flexibility index (Phi) is 3.75. The third-order valence-corrected chi connectivity index (χ3v) is 3.13. The standard InChI is InChI=1S/C9H12BrNO3S/c1-6(2)14-9-4-3-7(5-8(9)10)15(11,12)13/h3-6H,1-2H3,(H2,11,12,13). The van der Waals surface area contributed by atoms with Crippen molar-refractivity contribution in [3.8, 4) is 5.75 Å². The number of hydrogen-bond acceptors (Lipinski definition) is 3. The van der Waals surface area contributed by atoms with E-state index in [9.17, 15) is 8.42 Å². The zero-order valence-corrected chi connectivity index (χ0v) is 10.8. The lowest BCUT2D eigenvalue weighted by molar-refractivity contribution is 0.240. The van der Waals surface area contributed by atoms with Crippen LogP contribution in [0.4, 0.5) is 0 Å². The number of rotatable bonds is 3. The first-order valence-corrected chi connectivity index (χ1v) is 6.63. The van der Waals surface area contributed by atoms with Crippen molar-refractivity contribution in [2.45, 2.75) is 24.8 Å². The molecule has 6 heteroatoms. The molecule has 0 aliphatic carbocycles. The molecule has 0 aromatic heterocycles. The van der Waals surface area contributed by atoms with Crippen LogP contribution >= 0.6 is 15.9 Å². The number of benzene rings is 1. The highest BCUT2D eigenvalue weighted by Gasteiger charge is 2.11. The number of sulfonamides is 1. The Hall–Kier alpha value is -0.590. The summed E-state index contributed by atoms with van der Waals surface area (Å²) in [4.78, 5) is 0.0606. The van der Waals surface area contributed by atoms with Gasteiger partial charge in [0.15, 0.2) is 0 Å². The third-order valence-electron chi connectivity index (χ3n) is 1.59. The summed E-state index contributed by atoms with van der Waals surface area (Å²) in [6.45, 7) is 3.78. The summed E-state index contributed by atoms with van der Waals surface area (Å²) in [5.41, 5.74) is 0. The summed E-state index contributed by atoms with van der Waals surface area (Å²) in [7, 11) is -3.66. The second kappa shape index (κ2) is 4.51. The number of primary sulfonamides is 1. The lowest BCUT2D eigenvalue weighted by atomic mass is 10.3. The first-order valence-electron chi connectivity index (χ1n) is 4.29. The van der Waals surface area contributed by atoms with Crippen molar-refractivity contribution in [1.82, 2.24) is 0 Å². The molecule has 0 aliphatic rings. The Labute approximate surface area is 97.6 Å². The van der Waals surface area contributed by atoms with Crippen LogP contribution in [0, 0.1) is 0 Å². The maximum absolute atomic E-state index is 11.0. The van der Waals surface area contributed by atoms with Crippen molar-refractivity contribution in [3.63, 3.8) is 0 Å². The Balaban J connectivity index is 3.09. The van der Waals surface area contributed by atoms with E-state index in [-0.39, 0.29) is 11.0 Å². The van der Waals surface area contributed by atoms with Crippen LogP contribution in [0.15, 0.2) is 27.6 Å². The van der Waals surface area contributed by atoms with Gasteiger partial charge in [0.2, 0.25) is 10.0 Å². The van der Waals surface area contributed by atoms with Crippen molar-refractivity contribution >= 4 is 26.0 Å². The van der Waals surface area contributed by atoms with Crippen molar-refractivity contribution < 1.29 is 13.2 Å². The summed E-state index contributed by atoms with van der Waals surface area (Å²) in [5.74, 6) is 0.595. The van der Waals surface area contributed by atoms with Crippen LogP contribution in [-0.2, 0) is 10.0 Å². The Morgan fingerprint density at radius 2 is 2.00 bits per heavy atom. The van der Waals surface area contributed by atoms with E-state index >= 15 is 0 Å². The molecule has 15 heavy (non-hydrogen) atoms. The van der Waals surface area contributed by atoms with Gasteiger partial charge in [0, 0.05) is 0 Å². The van der Waals surface area contributed by atoms with Gasteiger partial charge in [-0.25, -0.2) is 13.6 Å². The fourth-order valence-electron chi connectivity index (χ4n) is 1.01. The largest absolute Gasteiger partial charge is 0.490 e. The van der Waals surface area contributed by atoms with E-state index in [4.69, 9.17) is 9.88 Å². The molecule has 0 aliphatic heterocycles. The SMILES string of the molecule is CC(C)Oc1ccc(S(N)(=O)=O)cc1Br. The molecular formula is C9H12BrNO3S. The van der Waals surface area contributed by atoms with Gasteiger partial charge < -0.3 is 4.74 Å². The van der Waals surface area contributed by atoms with Crippen LogP contribution in [0.25, 0.3) is 0 Å². The molecule has 0 saturated heterocycles. The molecule has 0 fully saturated rings. The highest BCUT2D eigenvalue weighted by molar-refractivity contribution is 9.10. The van der Waals surface area contributed by atoms with Crippen molar-refractivity contribution in [2.24, 2.45) is 5.14 Å². The molecule has 4 nitrogen and oxygen atoms in total. The molecule has 0 bridgehead atoms. The van der Waals surface area contributed by atoms with E-state index in [0.717, 1.165) is 0 Å². The van der Waals surface area contributed by atoms with Gasteiger partial charge in [0.25, 0.3) is 0 Å². The summed E-state index contributed by atoms with van der Waals surface area (Å²) < 4.78 is 28.1. The van der Waals surface area contributed by atoms with E-state index in [0.29, 0.717) is 10.2 Å². The molecule has 0 saturated carbocycles. The lowest BCUT2D eigenvalue weighted by Gasteiger charge is -2.11. The smallest absolute Gasteiger partial charge is 0.238 e. The summed E-state index contributed by atoms with van der Waals surface area (Å²) >= 11 is 3.22. The number of halogens is 1. The second-order valence-electron chi connectivity index (χ2n) is 3.30. The van der Waals surface area contributed by atoms with Crippen LogP contribution in [-0.4, -0.2) is 14.5 Å². The van der Waals surface area contributed by atoms with Crippen LogP contribution < -0.4 is 9.88 Å². The first-order chi connectivity index (χ1) is 6.80. The maximum atomic E-state index is 11.0. The van der Waals surface area contributed by atoms with Crippen molar-refractivity contribution in [2.75, 3.05) is 0 Å². The monoisotopic (exact) mass is 293 g/mol. The number of hydrogen-bond donors (Lipinski definition) is 1. The van der Waals surface area contributed by atoms with Gasteiger partial charge in [0.05, 0.1) is 15.5 Å². The fourth-order valence-corrected chi connectivity index (χ4v) is 2.17. The van der Waals surface area contributed by atoms with Gasteiger partial charge in [-0.15, -0.1) is 0 Å². The van der Waals surface area contributed by atoms with Crippen LogP contribution in [0.5, 0.6) is 5.75 Å². The highest BCUT2D eigenvalue weighted by atomic mass is 79.9. The van der Waals surface area contributed by atoms with Crippen LogP contribution in [0.3, 0.4) is 0 Å². The summed E-state index contributed by atoms with van der Waals surface area (Å²) in [5, 5.41) is 4.99. The molecule has 0 spiro atoms.